The summed E-state index contributed by atoms with van der Waals surface area (Å²) >= 11 is 0. The number of anilines is 1. The molecule has 20 heavy (non-hydrogen) atoms. The summed E-state index contributed by atoms with van der Waals surface area (Å²) in [5, 5.41) is 10.6. The summed E-state index contributed by atoms with van der Waals surface area (Å²) in [6.45, 7) is 1.09. The summed E-state index contributed by atoms with van der Waals surface area (Å²) in [6, 6.07) is 10.2. The summed E-state index contributed by atoms with van der Waals surface area (Å²) in [4.78, 5) is 6.82. The van der Waals surface area contributed by atoms with Crippen LogP contribution in [0.5, 0.6) is 0 Å². The SMILES string of the molecule is CN(CC1CCCC1)c1cc(CO)nc2ccccc12. The second-order valence-corrected chi connectivity index (χ2v) is 5.84. The predicted molar refractivity (Wildman–Crippen MR) is 82.9 cm³/mol. The van der Waals surface area contributed by atoms with Gasteiger partial charge in [-0.1, -0.05) is 31.0 Å². The molecule has 1 aromatic heterocycles. The maximum atomic E-state index is 9.41. The summed E-state index contributed by atoms with van der Waals surface area (Å²) in [5.41, 5.74) is 2.90. The fraction of sp³-hybridized carbons (Fsp3) is 0.471. The quantitative estimate of drug-likeness (QED) is 0.925. The van der Waals surface area contributed by atoms with Crippen LogP contribution in [0.3, 0.4) is 0 Å². The molecule has 0 bridgehead atoms. The van der Waals surface area contributed by atoms with Crippen LogP contribution in [-0.2, 0) is 6.61 Å². The van der Waals surface area contributed by atoms with Gasteiger partial charge in [0, 0.05) is 24.7 Å². The minimum Gasteiger partial charge on any atom is -0.390 e. The van der Waals surface area contributed by atoms with Crippen molar-refractivity contribution in [3.63, 3.8) is 0 Å². The van der Waals surface area contributed by atoms with Crippen molar-refractivity contribution in [1.29, 1.82) is 0 Å². The number of rotatable bonds is 4. The molecular formula is C17H22N2O. The van der Waals surface area contributed by atoms with Gasteiger partial charge in [-0.2, -0.15) is 0 Å². The molecule has 3 nitrogen and oxygen atoms in total. The van der Waals surface area contributed by atoms with Gasteiger partial charge in [0.15, 0.2) is 0 Å². The lowest BCUT2D eigenvalue weighted by molar-refractivity contribution is 0.277. The van der Waals surface area contributed by atoms with Crippen molar-refractivity contribution in [2.75, 3.05) is 18.5 Å². The number of aromatic nitrogens is 1. The first-order valence-electron chi connectivity index (χ1n) is 7.48. The summed E-state index contributed by atoms with van der Waals surface area (Å²) in [6.07, 6.45) is 5.44. The van der Waals surface area contributed by atoms with Gasteiger partial charge >= 0.3 is 0 Å². The molecule has 1 aromatic carbocycles. The van der Waals surface area contributed by atoms with Gasteiger partial charge in [0.1, 0.15) is 0 Å². The van der Waals surface area contributed by atoms with Crippen LogP contribution >= 0.6 is 0 Å². The molecule has 0 atom stereocenters. The Kier molecular flexibility index (Phi) is 3.88. The average Bonchev–Trinajstić information content (AvgIpc) is 2.98. The molecule has 1 fully saturated rings. The number of nitrogens with zero attached hydrogens (tertiary/aromatic N) is 2. The number of hydrogen-bond donors (Lipinski definition) is 1. The van der Waals surface area contributed by atoms with Gasteiger partial charge < -0.3 is 10.0 Å². The molecule has 0 saturated heterocycles. The van der Waals surface area contributed by atoms with E-state index in [1.165, 1.54) is 36.8 Å². The Bertz CT molecular complexity index is 591. The average molecular weight is 270 g/mol. The summed E-state index contributed by atoms with van der Waals surface area (Å²) in [5.74, 6) is 0.810. The highest BCUT2D eigenvalue weighted by Gasteiger charge is 2.18. The molecule has 0 radical (unpaired) electrons. The van der Waals surface area contributed by atoms with Crippen molar-refractivity contribution < 1.29 is 5.11 Å². The van der Waals surface area contributed by atoms with Crippen LogP contribution in [0, 0.1) is 5.92 Å². The second kappa shape index (κ2) is 5.80. The van der Waals surface area contributed by atoms with E-state index in [1.807, 2.05) is 18.2 Å². The summed E-state index contributed by atoms with van der Waals surface area (Å²) < 4.78 is 0. The fourth-order valence-corrected chi connectivity index (χ4v) is 3.29. The van der Waals surface area contributed by atoms with Crippen molar-refractivity contribution >= 4 is 16.6 Å². The first-order valence-corrected chi connectivity index (χ1v) is 7.48. The molecule has 3 heteroatoms. The largest absolute Gasteiger partial charge is 0.390 e. The zero-order chi connectivity index (χ0) is 13.9. The van der Waals surface area contributed by atoms with E-state index in [4.69, 9.17) is 0 Å². The lowest BCUT2D eigenvalue weighted by atomic mass is 10.1. The number of benzene rings is 1. The number of pyridine rings is 1. The number of hydrogen-bond acceptors (Lipinski definition) is 3. The van der Waals surface area contributed by atoms with E-state index in [-0.39, 0.29) is 6.61 Å². The fourth-order valence-electron chi connectivity index (χ4n) is 3.29. The Morgan fingerprint density at radius 3 is 2.75 bits per heavy atom. The van der Waals surface area contributed by atoms with Crippen molar-refractivity contribution in [3.05, 3.63) is 36.0 Å². The molecule has 1 aliphatic rings. The number of aliphatic hydroxyl groups is 1. The molecular weight excluding hydrogens is 248 g/mol. The smallest absolute Gasteiger partial charge is 0.0854 e. The van der Waals surface area contributed by atoms with E-state index in [2.05, 4.69) is 29.1 Å². The summed E-state index contributed by atoms with van der Waals surface area (Å²) in [7, 11) is 2.15. The van der Waals surface area contributed by atoms with Gasteiger partial charge in [-0.25, -0.2) is 0 Å². The Morgan fingerprint density at radius 2 is 2.00 bits per heavy atom. The molecule has 1 heterocycles. The van der Waals surface area contributed by atoms with Gasteiger partial charge in [0.25, 0.3) is 0 Å². The minimum atomic E-state index is -0.00486. The second-order valence-electron chi connectivity index (χ2n) is 5.84. The lowest BCUT2D eigenvalue weighted by Crippen LogP contribution is -2.24. The van der Waals surface area contributed by atoms with Crippen molar-refractivity contribution in [2.45, 2.75) is 32.3 Å². The molecule has 106 valence electrons. The third-order valence-corrected chi connectivity index (χ3v) is 4.33. The van der Waals surface area contributed by atoms with Gasteiger partial charge in [-0.05, 0) is 30.9 Å². The molecule has 0 aliphatic heterocycles. The van der Waals surface area contributed by atoms with E-state index >= 15 is 0 Å². The topological polar surface area (TPSA) is 36.4 Å². The maximum Gasteiger partial charge on any atom is 0.0854 e. The van der Waals surface area contributed by atoms with Crippen LogP contribution in [-0.4, -0.2) is 23.7 Å². The van der Waals surface area contributed by atoms with Gasteiger partial charge in [-0.15, -0.1) is 0 Å². The first-order chi connectivity index (χ1) is 9.78. The van der Waals surface area contributed by atoms with Crippen LogP contribution in [0.2, 0.25) is 0 Å². The molecule has 0 spiro atoms. The maximum absolute atomic E-state index is 9.41. The minimum absolute atomic E-state index is 0.00486. The molecule has 1 N–H and O–H groups in total. The monoisotopic (exact) mass is 270 g/mol. The number of fused-ring (bicyclic) bond motifs is 1. The standard InChI is InChI=1S/C17H22N2O/c1-19(11-13-6-2-3-7-13)17-10-14(12-20)18-16-9-5-4-8-15(16)17/h4-5,8-10,13,20H,2-3,6-7,11-12H2,1H3. The highest BCUT2D eigenvalue weighted by molar-refractivity contribution is 5.91. The number of para-hydroxylation sites is 1. The molecule has 0 amide bonds. The van der Waals surface area contributed by atoms with Crippen LogP contribution in [0.25, 0.3) is 10.9 Å². The molecule has 0 unspecified atom stereocenters. The number of aliphatic hydroxyl groups excluding tert-OH is 1. The van der Waals surface area contributed by atoms with Crippen LogP contribution in [0.1, 0.15) is 31.4 Å². The van der Waals surface area contributed by atoms with Crippen molar-refractivity contribution in [3.8, 4) is 0 Å². The highest BCUT2D eigenvalue weighted by Crippen LogP contribution is 2.30. The molecule has 2 aromatic rings. The first kappa shape index (κ1) is 13.4. The van der Waals surface area contributed by atoms with Crippen LogP contribution in [0.15, 0.2) is 30.3 Å². The Morgan fingerprint density at radius 1 is 1.25 bits per heavy atom. The van der Waals surface area contributed by atoms with E-state index in [9.17, 15) is 5.11 Å². The van der Waals surface area contributed by atoms with Crippen LogP contribution in [0.4, 0.5) is 5.69 Å². The van der Waals surface area contributed by atoms with Gasteiger partial charge in [-0.3, -0.25) is 4.98 Å². The molecule has 3 rings (SSSR count). The zero-order valence-corrected chi connectivity index (χ0v) is 12.0. The third kappa shape index (κ3) is 2.63. The third-order valence-electron chi connectivity index (χ3n) is 4.33. The van der Waals surface area contributed by atoms with Crippen LogP contribution < -0.4 is 4.90 Å². The predicted octanol–water partition coefficient (Wildman–Crippen LogP) is 3.35. The van der Waals surface area contributed by atoms with Gasteiger partial charge in [0.05, 0.1) is 17.8 Å². The van der Waals surface area contributed by atoms with Crippen molar-refractivity contribution in [1.82, 2.24) is 4.98 Å². The van der Waals surface area contributed by atoms with E-state index in [0.29, 0.717) is 0 Å². The van der Waals surface area contributed by atoms with E-state index in [0.717, 1.165) is 23.7 Å². The Balaban J connectivity index is 1.95. The lowest BCUT2D eigenvalue weighted by Gasteiger charge is -2.25. The van der Waals surface area contributed by atoms with E-state index in [1.54, 1.807) is 0 Å². The van der Waals surface area contributed by atoms with Gasteiger partial charge in [0.2, 0.25) is 0 Å². The van der Waals surface area contributed by atoms with Crippen molar-refractivity contribution in [2.24, 2.45) is 5.92 Å². The Hall–Kier alpha value is -1.61. The highest BCUT2D eigenvalue weighted by atomic mass is 16.3. The molecule has 1 aliphatic carbocycles. The Labute approximate surface area is 120 Å². The normalized spacial score (nSPS) is 15.9. The molecule has 1 saturated carbocycles. The van der Waals surface area contributed by atoms with E-state index < -0.39 is 0 Å². The zero-order valence-electron chi connectivity index (χ0n) is 12.0.